The zero-order valence-corrected chi connectivity index (χ0v) is 16.5. The molecular formula is C19H29N7. The van der Waals surface area contributed by atoms with Crippen molar-refractivity contribution in [1.29, 1.82) is 0 Å². The summed E-state index contributed by atoms with van der Waals surface area (Å²) < 4.78 is 0. The van der Waals surface area contributed by atoms with Crippen LogP contribution < -0.4 is 15.1 Å². The molecule has 0 aromatic carbocycles. The molecule has 1 N–H and O–H groups in total. The molecule has 3 heterocycles. The van der Waals surface area contributed by atoms with Crippen molar-refractivity contribution >= 4 is 17.6 Å². The van der Waals surface area contributed by atoms with Crippen LogP contribution in [0.4, 0.5) is 17.6 Å². The number of piperazine rings is 1. The molecule has 0 aliphatic carbocycles. The molecule has 7 nitrogen and oxygen atoms in total. The summed E-state index contributed by atoms with van der Waals surface area (Å²) in [5, 5.41) is 12.1. The van der Waals surface area contributed by atoms with Gasteiger partial charge in [0, 0.05) is 49.9 Å². The molecule has 1 aliphatic rings. The fourth-order valence-corrected chi connectivity index (χ4v) is 3.00. The Bertz CT molecular complexity index is 729. The van der Waals surface area contributed by atoms with Gasteiger partial charge >= 0.3 is 0 Å². The molecule has 0 bridgehead atoms. The van der Waals surface area contributed by atoms with Gasteiger partial charge in [-0.05, 0) is 26.0 Å². The van der Waals surface area contributed by atoms with E-state index >= 15 is 0 Å². The largest absolute Gasteiger partial charge is 0.370 e. The first-order valence-corrected chi connectivity index (χ1v) is 9.30. The van der Waals surface area contributed by atoms with Gasteiger partial charge in [-0.3, -0.25) is 0 Å². The normalized spacial score (nSPS) is 15.3. The molecule has 1 aliphatic heterocycles. The first kappa shape index (κ1) is 18.4. The zero-order valence-electron chi connectivity index (χ0n) is 16.5. The molecule has 0 radical (unpaired) electrons. The second kappa shape index (κ2) is 7.43. The number of anilines is 3. The lowest BCUT2D eigenvalue weighted by Crippen LogP contribution is -2.47. The molecule has 2 aromatic rings. The Hall–Kier alpha value is -2.44. The van der Waals surface area contributed by atoms with Crippen LogP contribution >= 0.6 is 0 Å². The van der Waals surface area contributed by atoms with Gasteiger partial charge in [0.25, 0.3) is 0 Å². The van der Waals surface area contributed by atoms with E-state index in [1.165, 1.54) is 0 Å². The van der Waals surface area contributed by atoms with E-state index in [4.69, 9.17) is 0 Å². The SMILES string of the molecule is CCNc1cc(C)nc(N2CCN(c3ccc(C(C)(C)C)nn3)CC2)n1. The number of rotatable bonds is 4. The predicted octanol–water partition coefficient (Wildman–Crippen LogP) is 2.63. The van der Waals surface area contributed by atoms with Gasteiger partial charge in [0.05, 0.1) is 5.69 Å². The monoisotopic (exact) mass is 355 g/mol. The van der Waals surface area contributed by atoms with Gasteiger partial charge in [0.15, 0.2) is 5.82 Å². The van der Waals surface area contributed by atoms with Gasteiger partial charge in [0.2, 0.25) is 5.95 Å². The number of aryl methyl sites for hydroxylation is 1. The van der Waals surface area contributed by atoms with Crippen molar-refractivity contribution in [3.63, 3.8) is 0 Å². The topological polar surface area (TPSA) is 70.1 Å². The van der Waals surface area contributed by atoms with E-state index in [9.17, 15) is 0 Å². The molecule has 0 atom stereocenters. The maximum absolute atomic E-state index is 4.64. The Kier molecular flexibility index (Phi) is 5.25. The third-order valence-corrected chi connectivity index (χ3v) is 4.51. The second-order valence-electron chi connectivity index (χ2n) is 7.73. The lowest BCUT2D eigenvalue weighted by molar-refractivity contribution is 0.555. The number of nitrogens with zero attached hydrogens (tertiary/aromatic N) is 6. The van der Waals surface area contributed by atoms with E-state index in [2.05, 4.69) is 75.1 Å². The summed E-state index contributed by atoms with van der Waals surface area (Å²) >= 11 is 0. The molecule has 1 fully saturated rings. The number of hydrogen-bond donors (Lipinski definition) is 1. The van der Waals surface area contributed by atoms with E-state index in [-0.39, 0.29) is 5.41 Å². The predicted molar refractivity (Wildman–Crippen MR) is 106 cm³/mol. The fraction of sp³-hybridized carbons (Fsp3) is 0.579. The molecule has 140 valence electrons. The molecule has 0 saturated carbocycles. The minimum Gasteiger partial charge on any atom is -0.370 e. The van der Waals surface area contributed by atoms with Crippen LogP contribution in [-0.4, -0.2) is 52.9 Å². The molecule has 2 aromatic heterocycles. The average molecular weight is 355 g/mol. The third-order valence-electron chi connectivity index (χ3n) is 4.51. The van der Waals surface area contributed by atoms with Gasteiger partial charge in [-0.2, -0.15) is 10.1 Å². The number of hydrogen-bond acceptors (Lipinski definition) is 7. The van der Waals surface area contributed by atoms with Crippen molar-refractivity contribution in [2.45, 2.75) is 40.0 Å². The summed E-state index contributed by atoms with van der Waals surface area (Å²) in [4.78, 5) is 13.8. The Morgan fingerprint density at radius 1 is 1.00 bits per heavy atom. The summed E-state index contributed by atoms with van der Waals surface area (Å²) in [6, 6.07) is 6.15. The first-order valence-electron chi connectivity index (χ1n) is 9.30. The lowest BCUT2D eigenvalue weighted by atomic mass is 9.92. The van der Waals surface area contributed by atoms with Gasteiger partial charge < -0.3 is 15.1 Å². The van der Waals surface area contributed by atoms with E-state index < -0.39 is 0 Å². The average Bonchev–Trinajstić information content (AvgIpc) is 2.61. The van der Waals surface area contributed by atoms with E-state index in [0.29, 0.717) is 0 Å². The van der Waals surface area contributed by atoms with Gasteiger partial charge in [-0.15, -0.1) is 5.10 Å². The molecule has 0 spiro atoms. The third kappa shape index (κ3) is 4.20. The summed E-state index contributed by atoms with van der Waals surface area (Å²) in [5.74, 6) is 2.63. The van der Waals surface area contributed by atoms with Crippen molar-refractivity contribution in [1.82, 2.24) is 20.2 Å². The van der Waals surface area contributed by atoms with Crippen LogP contribution in [0.1, 0.15) is 39.1 Å². The second-order valence-corrected chi connectivity index (χ2v) is 7.73. The number of aromatic nitrogens is 4. The quantitative estimate of drug-likeness (QED) is 0.904. The molecule has 0 unspecified atom stereocenters. The van der Waals surface area contributed by atoms with Crippen molar-refractivity contribution in [3.05, 3.63) is 29.6 Å². The van der Waals surface area contributed by atoms with Crippen molar-refractivity contribution in [2.24, 2.45) is 0 Å². The zero-order chi connectivity index (χ0) is 18.7. The molecule has 7 heteroatoms. The van der Waals surface area contributed by atoms with Crippen molar-refractivity contribution in [3.8, 4) is 0 Å². The lowest BCUT2D eigenvalue weighted by Gasteiger charge is -2.35. The van der Waals surface area contributed by atoms with Crippen LogP contribution in [0, 0.1) is 6.92 Å². The fourth-order valence-electron chi connectivity index (χ4n) is 3.00. The Labute approximate surface area is 155 Å². The Morgan fingerprint density at radius 2 is 1.69 bits per heavy atom. The Balaban J connectivity index is 1.66. The first-order chi connectivity index (χ1) is 12.4. The van der Waals surface area contributed by atoms with Crippen LogP contribution in [-0.2, 0) is 5.41 Å². The van der Waals surface area contributed by atoms with Crippen LogP contribution in [0.3, 0.4) is 0 Å². The van der Waals surface area contributed by atoms with Crippen LogP contribution in [0.5, 0.6) is 0 Å². The minimum atomic E-state index is 0.0248. The molecular weight excluding hydrogens is 326 g/mol. The standard InChI is InChI=1S/C19H29N7/c1-6-20-16-13-14(2)21-18(22-16)26-11-9-25(10-12-26)17-8-7-15(23-24-17)19(3,4)5/h7-8,13H,6,9-12H2,1-5H3,(H,20,21,22). The maximum Gasteiger partial charge on any atom is 0.227 e. The highest BCUT2D eigenvalue weighted by Crippen LogP contribution is 2.22. The molecule has 26 heavy (non-hydrogen) atoms. The molecule has 0 amide bonds. The van der Waals surface area contributed by atoms with Crippen LogP contribution in [0.2, 0.25) is 0 Å². The molecule has 1 saturated heterocycles. The van der Waals surface area contributed by atoms with Crippen LogP contribution in [0.25, 0.3) is 0 Å². The summed E-state index contributed by atoms with van der Waals surface area (Å²) in [7, 11) is 0. The maximum atomic E-state index is 4.64. The van der Waals surface area contributed by atoms with Gasteiger partial charge in [0.1, 0.15) is 5.82 Å². The van der Waals surface area contributed by atoms with Gasteiger partial charge in [-0.1, -0.05) is 20.8 Å². The smallest absolute Gasteiger partial charge is 0.227 e. The summed E-state index contributed by atoms with van der Waals surface area (Å²) in [5.41, 5.74) is 2.03. The summed E-state index contributed by atoms with van der Waals surface area (Å²) in [6.45, 7) is 14.9. The van der Waals surface area contributed by atoms with Crippen molar-refractivity contribution in [2.75, 3.05) is 47.8 Å². The highest BCUT2D eigenvalue weighted by molar-refractivity contribution is 5.46. The highest BCUT2D eigenvalue weighted by atomic mass is 15.4. The Morgan fingerprint density at radius 3 is 2.27 bits per heavy atom. The van der Waals surface area contributed by atoms with E-state index in [0.717, 1.165) is 61.7 Å². The van der Waals surface area contributed by atoms with Gasteiger partial charge in [-0.25, -0.2) is 4.98 Å². The van der Waals surface area contributed by atoms with E-state index in [1.807, 2.05) is 13.0 Å². The van der Waals surface area contributed by atoms with E-state index in [1.54, 1.807) is 0 Å². The molecule has 3 rings (SSSR count). The summed E-state index contributed by atoms with van der Waals surface area (Å²) in [6.07, 6.45) is 0. The van der Waals surface area contributed by atoms with Crippen LogP contribution in [0.15, 0.2) is 18.2 Å². The minimum absolute atomic E-state index is 0.0248. The highest BCUT2D eigenvalue weighted by Gasteiger charge is 2.22. The van der Waals surface area contributed by atoms with Crippen molar-refractivity contribution < 1.29 is 0 Å². The number of nitrogens with one attached hydrogen (secondary N) is 1.